The van der Waals surface area contributed by atoms with E-state index in [4.69, 9.17) is 4.74 Å². The molecule has 0 saturated carbocycles. The fourth-order valence-corrected chi connectivity index (χ4v) is 2.29. The molecule has 0 aliphatic carbocycles. The first kappa shape index (κ1) is 15.5. The summed E-state index contributed by atoms with van der Waals surface area (Å²) in [5.74, 6) is 0. The topological polar surface area (TPSA) is 24.5 Å². The number of ether oxygens (including phenoxy) is 1. The summed E-state index contributed by atoms with van der Waals surface area (Å²) in [6.07, 6.45) is 0. The van der Waals surface area contributed by atoms with E-state index in [1.165, 1.54) is 22.4 Å². The Morgan fingerprint density at radius 2 is 1.62 bits per heavy atom. The van der Waals surface area contributed by atoms with Crippen molar-refractivity contribution < 1.29 is 4.74 Å². The van der Waals surface area contributed by atoms with Crippen LogP contribution in [0.3, 0.4) is 0 Å². The van der Waals surface area contributed by atoms with Gasteiger partial charge in [0.05, 0.1) is 6.61 Å². The first-order chi connectivity index (χ1) is 10.2. The van der Waals surface area contributed by atoms with Gasteiger partial charge in [-0.3, -0.25) is 0 Å². The van der Waals surface area contributed by atoms with Gasteiger partial charge in [0.1, 0.15) is 0 Å². The number of hydrogen-bond donors (Lipinski definition) is 1. The second-order valence-corrected chi connectivity index (χ2v) is 5.50. The van der Waals surface area contributed by atoms with Gasteiger partial charge in [-0.15, -0.1) is 0 Å². The molecule has 3 nitrogen and oxygen atoms in total. The van der Waals surface area contributed by atoms with Crippen LogP contribution in [-0.2, 0) is 24.4 Å². The van der Waals surface area contributed by atoms with E-state index in [0.29, 0.717) is 6.61 Å². The molecule has 0 aliphatic rings. The van der Waals surface area contributed by atoms with E-state index >= 15 is 0 Å². The molecule has 2 aromatic carbocycles. The third-order valence-electron chi connectivity index (χ3n) is 3.32. The predicted molar refractivity (Wildman–Crippen MR) is 88.3 cm³/mol. The molecule has 21 heavy (non-hydrogen) atoms. The van der Waals surface area contributed by atoms with Crippen LogP contribution in [0.15, 0.2) is 48.5 Å². The van der Waals surface area contributed by atoms with Gasteiger partial charge in [-0.25, -0.2) is 0 Å². The highest BCUT2D eigenvalue weighted by Gasteiger charge is 2.03. The summed E-state index contributed by atoms with van der Waals surface area (Å²) in [6, 6.07) is 17.0. The number of para-hydroxylation sites is 1. The molecule has 0 radical (unpaired) electrons. The normalized spacial score (nSPS) is 10.9. The smallest absolute Gasteiger partial charge is 0.0713 e. The van der Waals surface area contributed by atoms with Crippen molar-refractivity contribution in [1.82, 2.24) is 4.90 Å². The van der Waals surface area contributed by atoms with E-state index in [-0.39, 0.29) is 0 Å². The molecule has 0 atom stereocenters. The molecule has 0 aromatic heterocycles. The van der Waals surface area contributed by atoms with Crippen molar-refractivity contribution in [1.29, 1.82) is 0 Å². The molecule has 1 N–H and O–H groups in total. The minimum Gasteiger partial charge on any atom is -0.381 e. The van der Waals surface area contributed by atoms with Crippen LogP contribution < -0.4 is 5.32 Å². The van der Waals surface area contributed by atoms with Crippen molar-refractivity contribution in [3.8, 4) is 0 Å². The SMILES string of the molecule is COCc1ccc(CNc2ccccc2CN(C)C)cc1. The molecular weight excluding hydrogens is 260 g/mol. The molecule has 0 saturated heterocycles. The van der Waals surface area contributed by atoms with Gasteiger partial charge in [-0.2, -0.15) is 0 Å². The standard InChI is InChI=1S/C18H24N2O/c1-20(2)13-17-6-4-5-7-18(17)19-12-15-8-10-16(11-9-15)14-21-3/h4-11,19H,12-14H2,1-3H3. The van der Waals surface area contributed by atoms with Gasteiger partial charge in [-0.05, 0) is 36.9 Å². The molecular formula is C18H24N2O. The molecule has 0 spiro atoms. The quantitative estimate of drug-likeness (QED) is 0.842. The zero-order valence-corrected chi connectivity index (χ0v) is 13.1. The third-order valence-corrected chi connectivity index (χ3v) is 3.32. The van der Waals surface area contributed by atoms with Crippen LogP contribution >= 0.6 is 0 Å². The number of nitrogens with zero attached hydrogens (tertiary/aromatic N) is 1. The summed E-state index contributed by atoms with van der Waals surface area (Å²) in [7, 11) is 5.90. The van der Waals surface area contributed by atoms with E-state index in [2.05, 4.69) is 72.8 Å². The fraction of sp³-hybridized carbons (Fsp3) is 0.333. The van der Waals surface area contributed by atoms with Gasteiger partial charge in [0.25, 0.3) is 0 Å². The first-order valence-corrected chi connectivity index (χ1v) is 7.22. The number of hydrogen-bond acceptors (Lipinski definition) is 3. The highest BCUT2D eigenvalue weighted by molar-refractivity contribution is 5.51. The Bertz CT molecular complexity index is 549. The number of anilines is 1. The van der Waals surface area contributed by atoms with Crippen LogP contribution in [0.4, 0.5) is 5.69 Å². The van der Waals surface area contributed by atoms with E-state index in [1.807, 2.05) is 0 Å². The van der Waals surface area contributed by atoms with Crippen molar-refractivity contribution in [2.75, 3.05) is 26.5 Å². The number of nitrogens with one attached hydrogen (secondary N) is 1. The Morgan fingerprint density at radius 3 is 2.29 bits per heavy atom. The van der Waals surface area contributed by atoms with E-state index < -0.39 is 0 Å². The summed E-state index contributed by atoms with van der Waals surface area (Å²) in [6.45, 7) is 2.44. The number of benzene rings is 2. The summed E-state index contributed by atoms with van der Waals surface area (Å²) >= 11 is 0. The maximum atomic E-state index is 5.13. The monoisotopic (exact) mass is 284 g/mol. The zero-order valence-electron chi connectivity index (χ0n) is 13.1. The maximum absolute atomic E-state index is 5.13. The minimum absolute atomic E-state index is 0.666. The van der Waals surface area contributed by atoms with Gasteiger partial charge >= 0.3 is 0 Å². The van der Waals surface area contributed by atoms with Gasteiger partial charge in [0, 0.05) is 25.9 Å². The summed E-state index contributed by atoms with van der Waals surface area (Å²) < 4.78 is 5.13. The molecule has 3 heteroatoms. The van der Waals surface area contributed by atoms with Crippen LogP contribution in [-0.4, -0.2) is 26.1 Å². The number of methoxy groups -OCH3 is 1. The summed E-state index contributed by atoms with van der Waals surface area (Å²) in [5, 5.41) is 3.53. The van der Waals surface area contributed by atoms with Crippen molar-refractivity contribution in [2.45, 2.75) is 19.7 Å². The van der Waals surface area contributed by atoms with Crippen molar-refractivity contribution in [2.24, 2.45) is 0 Å². The molecule has 0 heterocycles. The Hall–Kier alpha value is -1.84. The van der Waals surface area contributed by atoms with Crippen LogP contribution in [0.25, 0.3) is 0 Å². The molecule has 2 rings (SSSR count). The van der Waals surface area contributed by atoms with Crippen LogP contribution in [0.1, 0.15) is 16.7 Å². The van der Waals surface area contributed by atoms with Crippen LogP contribution in [0, 0.1) is 0 Å². The molecule has 0 fully saturated rings. The lowest BCUT2D eigenvalue weighted by atomic mass is 10.1. The Kier molecular flexibility index (Phi) is 5.78. The predicted octanol–water partition coefficient (Wildman–Crippen LogP) is 3.51. The lowest BCUT2D eigenvalue weighted by Gasteiger charge is -2.15. The van der Waals surface area contributed by atoms with Gasteiger partial charge in [0.15, 0.2) is 0 Å². The largest absolute Gasteiger partial charge is 0.381 e. The van der Waals surface area contributed by atoms with E-state index in [1.54, 1.807) is 7.11 Å². The van der Waals surface area contributed by atoms with Gasteiger partial charge < -0.3 is 15.0 Å². The second-order valence-electron chi connectivity index (χ2n) is 5.50. The third kappa shape index (κ3) is 4.88. The average Bonchev–Trinajstić information content (AvgIpc) is 2.48. The van der Waals surface area contributed by atoms with Gasteiger partial charge in [0.2, 0.25) is 0 Å². The molecule has 2 aromatic rings. The highest BCUT2D eigenvalue weighted by atomic mass is 16.5. The lowest BCUT2D eigenvalue weighted by Crippen LogP contribution is -2.12. The molecule has 0 bridgehead atoms. The lowest BCUT2D eigenvalue weighted by molar-refractivity contribution is 0.185. The molecule has 112 valence electrons. The Balaban J connectivity index is 1.99. The Morgan fingerprint density at radius 1 is 0.952 bits per heavy atom. The minimum atomic E-state index is 0.666. The second kappa shape index (κ2) is 7.81. The summed E-state index contributed by atoms with van der Waals surface area (Å²) in [5.41, 5.74) is 4.99. The fourth-order valence-electron chi connectivity index (χ4n) is 2.29. The average molecular weight is 284 g/mol. The van der Waals surface area contributed by atoms with Crippen LogP contribution in [0.5, 0.6) is 0 Å². The number of rotatable bonds is 7. The van der Waals surface area contributed by atoms with E-state index in [9.17, 15) is 0 Å². The van der Waals surface area contributed by atoms with Crippen molar-refractivity contribution in [3.63, 3.8) is 0 Å². The summed E-state index contributed by atoms with van der Waals surface area (Å²) in [4.78, 5) is 2.18. The molecule has 0 unspecified atom stereocenters. The van der Waals surface area contributed by atoms with Gasteiger partial charge in [-0.1, -0.05) is 42.5 Å². The highest BCUT2D eigenvalue weighted by Crippen LogP contribution is 2.17. The van der Waals surface area contributed by atoms with Crippen LogP contribution in [0.2, 0.25) is 0 Å². The maximum Gasteiger partial charge on any atom is 0.0713 e. The zero-order chi connectivity index (χ0) is 15.1. The van der Waals surface area contributed by atoms with E-state index in [0.717, 1.165) is 13.1 Å². The Labute approximate surface area is 127 Å². The first-order valence-electron chi connectivity index (χ1n) is 7.22. The van der Waals surface area contributed by atoms with Crippen molar-refractivity contribution in [3.05, 3.63) is 65.2 Å². The molecule has 0 amide bonds. The molecule has 0 aliphatic heterocycles. The van der Waals surface area contributed by atoms with Crippen molar-refractivity contribution >= 4 is 5.69 Å².